The molecule has 6 nitrogen and oxygen atoms in total. The van der Waals surface area contributed by atoms with Crippen molar-refractivity contribution in [2.75, 3.05) is 12.8 Å². The number of alkyl halides is 1. The lowest BCUT2D eigenvalue weighted by Gasteiger charge is -2.41. The smallest absolute Gasteiger partial charge is 0.237 e. The number of rotatable bonds is 7. The molecule has 8 atom stereocenters. The molecule has 3 fully saturated rings. The van der Waals surface area contributed by atoms with Gasteiger partial charge >= 0.3 is 0 Å². The van der Waals surface area contributed by atoms with Gasteiger partial charge in [0.15, 0.2) is 0 Å². The van der Waals surface area contributed by atoms with Crippen LogP contribution in [0.2, 0.25) is 0 Å². The SMILES string of the molecule is CSC1CC(O)C(O)C(C(NC(=O)C2CCC(CC3CC3)CCN2)C(C)Cl)O1. The molecule has 8 heteroatoms. The number of hydrogen-bond donors (Lipinski definition) is 4. The normalized spacial score (nSPS) is 39.0. The van der Waals surface area contributed by atoms with E-state index >= 15 is 0 Å². The van der Waals surface area contributed by atoms with Crippen molar-refractivity contribution >= 4 is 29.3 Å². The predicted molar refractivity (Wildman–Crippen MR) is 113 cm³/mol. The predicted octanol–water partition coefficient (Wildman–Crippen LogP) is 1.86. The number of thioether (sulfide) groups is 1. The summed E-state index contributed by atoms with van der Waals surface area (Å²) in [4.78, 5) is 13.0. The zero-order valence-corrected chi connectivity index (χ0v) is 18.4. The van der Waals surface area contributed by atoms with Crippen LogP contribution in [-0.4, -0.2) is 70.1 Å². The van der Waals surface area contributed by atoms with Gasteiger partial charge in [-0.1, -0.05) is 12.8 Å². The van der Waals surface area contributed by atoms with Gasteiger partial charge in [-0.2, -0.15) is 0 Å². The van der Waals surface area contributed by atoms with E-state index in [1.165, 1.54) is 31.0 Å². The molecule has 4 N–H and O–H groups in total. The maximum atomic E-state index is 13.0. The standard InChI is InChI=1S/C20H35ClN2O4S/c1-11(21)17(19-18(25)15(24)10-16(27-19)28-2)23-20(26)14-6-5-13(7-8-22-14)9-12-3-4-12/h11-19,22,24-25H,3-10H2,1-2H3,(H,23,26). The summed E-state index contributed by atoms with van der Waals surface area (Å²) < 4.78 is 5.96. The Hall–Kier alpha value is -0.0500. The van der Waals surface area contributed by atoms with Crippen LogP contribution in [0.1, 0.15) is 51.9 Å². The van der Waals surface area contributed by atoms with E-state index in [4.69, 9.17) is 16.3 Å². The van der Waals surface area contributed by atoms with Gasteiger partial charge < -0.3 is 25.6 Å². The van der Waals surface area contributed by atoms with E-state index in [-0.39, 0.29) is 17.4 Å². The number of halogens is 1. The Balaban J connectivity index is 1.59. The van der Waals surface area contributed by atoms with Crippen LogP contribution in [0.5, 0.6) is 0 Å². The summed E-state index contributed by atoms with van der Waals surface area (Å²) in [6.45, 7) is 2.64. The van der Waals surface area contributed by atoms with Crippen molar-refractivity contribution in [1.82, 2.24) is 10.6 Å². The summed E-state index contributed by atoms with van der Waals surface area (Å²) in [5.41, 5.74) is -0.225. The van der Waals surface area contributed by atoms with E-state index in [0.717, 1.165) is 31.7 Å². The number of aliphatic hydroxyl groups excluding tert-OH is 2. The summed E-state index contributed by atoms with van der Waals surface area (Å²) in [6, 6.07) is -0.815. The number of nitrogens with one attached hydrogen (secondary N) is 2. The Morgan fingerprint density at radius 1 is 1.25 bits per heavy atom. The van der Waals surface area contributed by atoms with E-state index in [1.54, 1.807) is 6.92 Å². The number of amides is 1. The summed E-state index contributed by atoms with van der Waals surface area (Å²) >= 11 is 7.85. The zero-order valence-electron chi connectivity index (χ0n) is 16.9. The molecule has 2 saturated heterocycles. The Labute approximate surface area is 177 Å². The van der Waals surface area contributed by atoms with Gasteiger partial charge in [0.25, 0.3) is 0 Å². The first-order chi connectivity index (χ1) is 13.4. The molecular formula is C20H35ClN2O4S. The lowest BCUT2D eigenvalue weighted by Crippen LogP contribution is -2.61. The van der Waals surface area contributed by atoms with Gasteiger partial charge in [0.05, 0.1) is 23.6 Å². The van der Waals surface area contributed by atoms with Gasteiger partial charge in [-0.25, -0.2) is 0 Å². The molecule has 3 rings (SSSR count). The first-order valence-electron chi connectivity index (χ1n) is 10.6. The molecule has 1 saturated carbocycles. The molecule has 0 spiro atoms. The Bertz CT molecular complexity index is 522. The maximum absolute atomic E-state index is 13.0. The monoisotopic (exact) mass is 434 g/mol. The molecular weight excluding hydrogens is 400 g/mol. The molecule has 0 radical (unpaired) electrons. The van der Waals surface area contributed by atoms with Crippen molar-refractivity contribution in [3.8, 4) is 0 Å². The first kappa shape index (κ1) is 22.6. The van der Waals surface area contributed by atoms with Crippen LogP contribution in [-0.2, 0) is 9.53 Å². The first-order valence-corrected chi connectivity index (χ1v) is 12.3. The molecule has 1 amide bonds. The zero-order chi connectivity index (χ0) is 20.3. The third-order valence-electron chi connectivity index (χ3n) is 6.38. The largest absolute Gasteiger partial charge is 0.390 e. The summed E-state index contributed by atoms with van der Waals surface area (Å²) in [5, 5.41) is 26.6. The number of ether oxygens (including phenoxy) is 1. The number of aliphatic hydroxyl groups is 2. The van der Waals surface area contributed by atoms with Gasteiger partial charge in [-0.3, -0.25) is 4.79 Å². The molecule has 8 unspecified atom stereocenters. The molecule has 0 aromatic rings. The third-order valence-corrected chi connectivity index (χ3v) is 7.48. The third kappa shape index (κ3) is 5.99. The minimum atomic E-state index is -1.07. The molecule has 0 bridgehead atoms. The van der Waals surface area contributed by atoms with E-state index in [9.17, 15) is 15.0 Å². The fraction of sp³-hybridized carbons (Fsp3) is 0.950. The summed E-state index contributed by atoms with van der Waals surface area (Å²) in [6.07, 6.45) is 6.63. The second-order valence-corrected chi connectivity index (χ2v) is 10.4. The second-order valence-electron chi connectivity index (χ2n) is 8.69. The van der Waals surface area contributed by atoms with Crippen molar-refractivity contribution < 1.29 is 19.7 Å². The number of carbonyl (C=O) groups is 1. The van der Waals surface area contributed by atoms with Crippen molar-refractivity contribution in [3.05, 3.63) is 0 Å². The average molecular weight is 435 g/mol. The molecule has 0 aromatic carbocycles. The van der Waals surface area contributed by atoms with Gasteiger partial charge in [0, 0.05) is 6.42 Å². The second kappa shape index (κ2) is 10.3. The minimum Gasteiger partial charge on any atom is -0.390 e. The fourth-order valence-electron chi connectivity index (χ4n) is 4.43. The number of hydrogen-bond acceptors (Lipinski definition) is 6. The van der Waals surface area contributed by atoms with Crippen LogP contribution in [0, 0.1) is 11.8 Å². The lowest BCUT2D eigenvalue weighted by atomic mass is 9.92. The molecule has 2 aliphatic heterocycles. The Morgan fingerprint density at radius 3 is 2.57 bits per heavy atom. The highest BCUT2D eigenvalue weighted by atomic mass is 35.5. The molecule has 0 aromatic heterocycles. The van der Waals surface area contributed by atoms with Crippen molar-refractivity contribution in [2.24, 2.45) is 11.8 Å². The topological polar surface area (TPSA) is 90.8 Å². The maximum Gasteiger partial charge on any atom is 0.237 e. The van der Waals surface area contributed by atoms with Crippen LogP contribution in [0.3, 0.4) is 0 Å². The fourth-order valence-corrected chi connectivity index (χ4v) is 5.27. The quantitative estimate of drug-likeness (QED) is 0.457. The van der Waals surface area contributed by atoms with Crippen molar-refractivity contribution in [2.45, 2.75) is 93.1 Å². The van der Waals surface area contributed by atoms with Gasteiger partial charge in [-0.05, 0) is 57.2 Å². The van der Waals surface area contributed by atoms with Gasteiger partial charge in [-0.15, -0.1) is 23.4 Å². The summed E-state index contributed by atoms with van der Waals surface area (Å²) in [5.74, 6) is 1.53. The van der Waals surface area contributed by atoms with E-state index in [0.29, 0.717) is 12.3 Å². The lowest BCUT2D eigenvalue weighted by molar-refractivity contribution is -0.158. The molecule has 162 valence electrons. The van der Waals surface area contributed by atoms with Crippen LogP contribution >= 0.6 is 23.4 Å². The van der Waals surface area contributed by atoms with Gasteiger partial charge in [0.2, 0.25) is 5.91 Å². The van der Waals surface area contributed by atoms with Crippen molar-refractivity contribution in [3.63, 3.8) is 0 Å². The van der Waals surface area contributed by atoms with E-state index in [2.05, 4.69) is 10.6 Å². The van der Waals surface area contributed by atoms with Crippen LogP contribution in [0.4, 0.5) is 0 Å². The summed E-state index contributed by atoms with van der Waals surface area (Å²) in [7, 11) is 0. The van der Waals surface area contributed by atoms with E-state index in [1.807, 2.05) is 6.26 Å². The highest BCUT2D eigenvalue weighted by molar-refractivity contribution is 7.99. The molecule has 2 heterocycles. The highest BCUT2D eigenvalue weighted by Gasteiger charge is 2.43. The molecule has 1 aliphatic carbocycles. The molecule has 3 aliphatic rings. The van der Waals surface area contributed by atoms with Gasteiger partial charge in [0.1, 0.15) is 17.6 Å². The van der Waals surface area contributed by atoms with Crippen LogP contribution in [0.15, 0.2) is 0 Å². The minimum absolute atomic E-state index is 0.0962. The van der Waals surface area contributed by atoms with Crippen LogP contribution < -0.4 is 10.6 Å². The van der Waals surface area contributed by atoms with E-state index < -0.39 is 29.7 Å². The Morgan fingerprint density at radius 2 is 1.93 bits per heavy atom. The molecule has 28 heavy (non-hydrogen) atoms. The van der Waals surface area contributed by atoms with Crippen molar-refractivity contribution in [1.29, 1.82) is 0 Å². The average Bonchev–Trinajstić information content (AvgIpc) is 3.49. The van der Waals surface area contributed by atoms with Crippen LogP contribution in [0.25, 0.3) is 0 Å². The Kier molecular flexibility index (Phi) is 8.34. The highest BCUT2D eigenvalue weighted by Crippen LogP contribution is 2.38. The number of carbonyl (C=O) groups excluding carboxylic acids is 1.